The third kappa shape index (κ3) is 5.52. The molecule has 122 valence electrons. The summed E-state index contributed by atoms with van der Waals surface area (Å²) in [4.78, 5) is 2.27. The van der Waals surface area contributed by atoms with E-state index in [4.69, 9.17) is 4.74 Å². The molecule has 0 amide bonds. The molecule has 22 heavy (non-hydrogen) atoms. The van der Waals surface area contributed by atoms with E-state index in [0.29, 0.717) is 18.7 Å². The number of piperidine rings is 1. The molecule has 0 saturated carbocycles. The number of rotatable bonds is 8. The molecule has 1 aliphatic heterocycles. The fourth-order valence-corrected chi connectivity index (χ4v) is 2.78. The van der Waals surface area contributed by atoms with E-state index in [9.17, 15) is 9.50 Å². The highest BCUT2D eigenvalue weighted by atomic mass is 19.1. The van der Waals surface area contributed by atoms with Crippen molar-refractivity contribution in [1.29, 1.82) is 0 Å². The summed E-state index contributed by atoms with van der Waals surface area (Å²) in [6, 6.07) is 6.75. The van der Waals surface area contributed by atoms with Crippen molar-refractivity contribution < 1.29 is 14.2 Å². The van der Waals surface area contributed by atoms with Crippen LogP contribution in [0.3, 0.4) is 0 Å². The molecule has 1 fully saturated rings. The SMILES string of the molecule is C=CCCC(O)CN1CCC(OCc2ccccc2F)CC1. The summed E-state index contributed by atoms with van der Waals surface area (Å²) in [6.45, 7) is 6.57. The van der Waals surface area contributed by atoms with E-state index < -0.39 is 0 Å². The van der Waals surface area contributed by atoms with Gasteiger partial charge in [0.05, 0.1) is 18.8 Å². The Hall–Kier alpha value is -1.23. The van der Waals surface area contributed by atoms with Gasteiger partial charge in [0.15, 0.2) is 0 Å². The number of ether oxygens (including phenoxy) is 1. The van der Waals surface area contributed by atoms with E-state index in [-0.39, 0.29) is 18.0 Å². The van der Waals surface area contributed by atoms with Crippen molar-refractivity contribution in [2.75, 3.05) is 19.6 Å². The Morgan fingerprint density at radius 3 is 2.77 bits per heavy atom. The van der Waals surface area contributed by atoms with Gasteiger partial charge in [-0.2, -0.15) is 0 Å². The quantitative estimate of drug-likeness (QED) is 0.749. The van der Waals surface area contributed by atoms with Crippen LogP contribution in [0, 0.1) is 5.82 Å². The molecule has 1 unspecified atom stereocenters. The van der Waals surface area contributed by atoms with Gasteiger partial charge in [-0.1, -0.05) is 24.3 Å². The molecule has 1 aromatic rings. The second-order valence-electron chi connectivity index (χ2n) is 5.92. The lowest BCUT2D eigenvalue weighted by molar-refractivity contribution is -0.0120. The predicted molar refractivity (Wildman–Crippen MR) is 86.1 cm³/mol. The summed E-state index contributed by atoms with van der Waals surface area (Å²) in [5, 5.41) is 9.92. The molecule has 0 bridgehead atoms. The molecular weight excluding hydrogens is 281 g/mol. The van der Waals surface area contributed by atoms with Crippen LogP contribution in [0.1, 0.15) is 31.2 Å². The number of allylic oxidation sites excluding steroid dienone is 1. The lowest BCUT2D eigenvalue weighted by Crippen LogP contribution is -2.41. The number of nitrogens with zero attached hydrogens (tertiary/aromatic N) is 1. The summed E-state index contributed by atoms with van der Waals surface area (Å²) < 4.78 is 19.4. The highest BCUT2D eigenvalue weighted by Crippen LogP contribution is 2.17. The van der Waals surface area contributed by atoms with Crippen LogP contribution in [-0.4, -0.2) is 41.8 Å². The normalized spacial score (nSPS) is 18.3. The number of likely N-dealkylation sites (tertiary alicyclic amines) is 1. The first-order valence-corrected chi connectivity index (χ1v) is 8.05. The van der Waals surface area contributed by atoms with Gasteiger partial charge in [0.2, 0.25) is 0 Å². The van der Waals surface area contributed by atoms with Crippen molar-refractivity contribution in [3.8, 4) is 0 Å². The van der Waals surface area contributed by atoms with Gasteiger partial charge in [0.1, 0.15) is 5.82 Å². The van der Waals surface area contributed by atoms with Crippen LogP contribution in [0.2, 0.25) is 0 Å². The third-order valence-corrected chi connectivity index (χ3v) is 4.14. The van der Waals surface area contributed by atoms with Gasteiger partial charge in [-0.05, 0) is 31.7 Å². The van der Waals surface area contributed by atoms with Crippen LogP contribution in [0.5, 0.6) is 0 Å². The molecule has 1 aromatic carbocycles. The van der Waals surface area contributed by atoms with Crippen LogP contribution in [0.15, 0.2) is 36.9 Å². The lowest BCUT2D eigenvalue weighted by atomic mass is 10.1. The summed E-state index contributed by atoms with van der Waals surface area (Å²) >= 11 is 0. The summed E-state index contributed by atoms with van der Waals surface area (Å²) in [5.41, 5.74) is 0.616. The zero-order valence-electron chi connectivity index (χ0n) is 13.1. The Morgan fingerprint density at radius 1 is 1.36 bits per heavy atom. The van der Waals surface area contributed by atoms with Crippen LogP contribution in [0.25, 0.3) is 0 Å². The minimum Gasteiger partial charge on any atom is -0.392 e. The van der Waals surface area contributed by atoms with Gasteiger partial charge < -0.3 is 14.7 Å². The molecule has 1 aliphatic rings. The molecule has 1 atom stereocenters. The Bertz CT molecular complexity index is 458. The third-order valence-electron chi connectivity index (χ3n) is 4.14. The van der Waals surface area contributed by atoms with Gasteiger partial charge in [0.25, 0.3) is 0 Å². The number of halogens is 1. The Balaban J connectivity index is 1.67. The van der Waals surface area contributed by atoms with E-state index in [2.05, 4.69) is 11.5 Å². The first-order chi connectivity index (χ1) is 10.7. The number of hydrogen-bond donors (Lipinski definition) is 1. The molecule has 0 aromatic heterocycles. The van der Waals surface area contributed by atoms with Crippen molar-refractivity contribution in [2.45, 2.75) is 44.5 Å². The minimum atomic E-state index is -0.283. The monoisotopic (exact) mass is 307 g/mol. The van der Waals surface area contributed by atoms with E-state index >= 15 is 0 Å². The van der Waals surface area contributed by atoms with Gasteiger partial charge in [0, 0.05) is 25.2 Å². The van der Waals surface area contributed by atoms with Crippen molar-refractivity contribution in [3.63, 3.8) is 0 Å². The van der Waals surface area contributed by atoms with E-state index in [1.54, 1.807) is 12.1 Å². The van der Waals surface area contributed by atoms with Crippen molar-refractivity contribution in [3.05, 3.63) is 48.3 Å². The molecule has 2 rings (SSSR count). The lowest BCUT2D eigenvalue weighted by Gasteiger charge is -2.33. The second-order valence-corrected chi connectivity index (χ2v) is 5.92. The smallest absolute Gasteiger partial charge is 0.128 e. The van der Waals surface area contributed by atoms with Crippen LogP contribution >= 0.6 is 0 Å². The number of hydrogen-bond acceptors (Lipinski definition) is 3. The van der Waals surface area contributed by atoms with Gasteiger partial charge in [-0.15, -0.1) is 6.58 Å². The fraction of sp³-hybridized carbons (Fsp3) is 0.556. The maximum Gasteiger partial charge on any atom is 0.128 e. The number of aliphatic hydroxyl groups excluding tert-OH is 1. The standard InChI is InChI=1S/C18H26FNO2/c1-2-3-7-16(21)13-20-11-9-17(10-12-20)22-14-15-6-4-5-8-18(15)19/h2,4-6,8,16-17,21H,1,3,7,9-14H2. The summed E-state index contributed by atoms with van der Waals surface area (Å²) in [6.07, 6.45) is 5.23. The van der Waals surface area contributed by atoms with Crippen LogP contribution in [0.4, 0.5) is 4.39 Å². The van der Waals surface area contributed by atoms with Gasteiger partial charge in [-0.25, -0.2) is 4.39 Å². The average Bonchev–Trinajstić information content (AvgIpc) is 2.53. The molecule has 1 N–H and O–H groups in total. The highest BCUT2D eigenvalue weighted by molar-refractivity contribution is 5.16. The molecule has 0 spiro atoms. The van der Waals surface area contributed by atoms with Crippen LogP contribution < -0.4 is 0 Å². The molecule has 4 heteroatoms. The fourth-order valence-electron chi connectivity index (χ4n) is 2.78. The topological polar surface area (TPSA) is 32.7 Å². The second kappa shape index (κ2) is 9.03. The van der Waals surface area contributed by atoms with E-state index in [1.807, 2.05) is 12.1 Å². The highest BCUT2D eigenvalue weighted by Gasteiger charge is 2.21. The molecular formula is C18H26FNO2. The molecule has 1 saturated heterocycles. The molecule has 3 nitrogen and oxygen atoms in total. The zero-order chi connectivity index (χ0) is 15.8. The average molecular weight is 307 g/mol. The van der Waals surface area contributed by atoms with Gasteiger partial charge in [-0.3, -0.25) is 0 Å². The predicted octanol–water partition coefficient (Wildman–Crippen LogP) is 3.13. The molecule has 0 aliphatic carbocycles. The van der Waals surface area contributed by atoms with E-state index in [1.165, 1.54) is 6.07 Å². The van der Waals surface area contributed by atoms with Crippen molar-refractivity contribution in [2.24, 2.45) is 0 Å². The first kappa shape index (κ1) is 17.1. The summed E-state index contributed by atoms with van der Waals surface area (Å²) in [5.74, 6) is -0.203. The number of aliphatic hydroxyl groups is 1. The largest absolute Gasteiger partial charge is 0.392 e. The maximum absolute atomic E-state index is 13.5. The summed E-state index contributed by atoms with van der Waals surface area (Å²) in [7, 11) is 0. The molecule has 0 radical (unpaired) electrons. The van der Waals surface area contributed by atoms with Gasteiger partial charge >= 0.3 is 0 Å². The number of β-amino-alcohol motifs (C(OH)–C–C–N with tert-alkyl or cyclic N) is 1. The maximum atomic E-state index is 13.5. The zero-order valence-corrected chi connectivity index (χ0v) is 13.1. The number of benzene rings is 1. The van der Waals surface area contributed by atoms with E-state index in [0.717, 1.165) is 38.8 Å². The Labute approximate surface area is 132 Å². The Morgan fingerprint density at radius 2 is 2.09 bits per heavy atom. The molecule has 1 heterocycles. The van der Waals surface area contributed by atoms with Crippen molar-refractivity contribution in [1.82, 2.24) is 4.90 Å². The Kier molecular flexibility index (Phi) is 7.03. The minimum absolute atomic E-state index is 0.182. The first-order valence-electron chi connectivity index (χ1n) is 8.05. The van der Waals surface area contributed by atoms with Crippen LogP contribution in [-0.2, 0) is 11.3 Å². The van der Waals surface area contributed by atoms with Crippen molar-refractivity contribution >= 4 is 0 Å².